The van der Waals surface area contributed by atoms with Crippen LogP contribution < -0.4 is 0 Å². The Hall–Kier alpha value is -0.810. The highest BCUT2D eigenvalue weighted by molar-refractivity contribution is 8.00. The molecule has 0 unspecified atom stereocenters. The van der Waals surface area contributed by atoms with Gasteiger partial charge in [-0.05, 0) is 19.1 Å². The van der Waals surface area contributed by atoms with E-state index in [0.29, 0.717) is 0 Å². The SMILES string of the molecule is CC(S)(S)OC(=O)c1ccccc1O. The molecule has 14 heavy (non-hydrogen) atoms. The largest absolute Gasteiger partial charge is 0.507 e. The van der Waals surface area contributed by atoms with Gasteiger partial charge in [0.25, 0.3) is 0 Å². The number of phenols is 1. The second-order valence-electron chi connectivity index (χ2n) is 2.84. The number of rotatable bonds is 2. The van der Waals surface area contributed by atoms with Crippen LogP contribution in [0.2, 0.25) is 0 Å². The third kappa shape index (κ3) is 3.16. The van der Waals surface area contributed by atoms with Gasteiger partial charge in [-0.2, -0.15) is 0 Å². The highest BCUT2D eigenvalue weighted by atomic mass is 32.2. The number of hydrogen-bond donors (Lipinski definition) is 3. The number of esters is 1. The number of carbonyl (C=O) groups is 1. The predicted octanol–water partition coefficient (Wildman–Crippen LogP) is 2.08. The number of thiol groups is 2. The smallest absolute Gasteiger partial charge is 0.343 e. The van der Waals surface area contributed by atoms with Gasteiger partial charge in [0.05, 0.1) is 0 Å². The summed E-state index contributed by atoms with van der Waals surface area (Å²) in [5.74, 6) is -0.779. The Balaban J connectivity index is 2.86. The van der Waals surface area contributed by atoms with Crippen LogP contribution >= 0.6 is 25.3 Å². The summed E-state index contributed by atoms with van der Waals surface area (Å²) in [6.07, 6.45) is 0. The van der Waals surface area contributed by atoms with E-state index in [4.69, 9.17) is 4.74 Å². The van der Waals surface area contributed by atoms with Crippen LogP contribution in [-0.4, -0.2) is 15.3 Å². The molecule has 0 bridgehead atoms. The molecule has 3 nitrogen and oxygen atoms in total. The van der Waals surface area contributed by atoms with Crippen molar-refractivity contribution in [3.8, 4) is 5.75 Å². The second-order valence-corrected chi connectivity index (χ2v) is 4.90. The van der Waals surface area contributed by atoms with E-state index in [-0.39, 0.29) is 11.3 Å². The second kappa shape index (κ2) is 4.14. The maximum atomic E-state index is 11.4. The Labute approximate surface area is 92.9 Å². The van der Waals surface area contributed by atoms with Crippen LogP contribution in [0.25, 0.3) is 0 Å². The lowest BCUT2D eigenvalue weighted by Gasteiger charge is -2.17. The fourth-order valence-corrected chi connectivity index (χ4v) is 1.04. The summed E-state index contributed by atoms with van der Waals surface area (Å²) in [5.41, 5.74) is 0.0989. The molecule has 1 aromatic carbocycles. The van der Waals surface area contributed by atoms with Crippen molar-refractivity contribution in [2.75, 3.05) is 0 Å². The summed E-state index contributed by atoms with van der Waals surface area (Å²) in [4.78, 5) is 11.4. The third-order valence-corrected chi connectivity index (χ3v) is 1.59. The monoisotopic (exact) mass is 230 g/mol. The average Bonchev–Trinajstić information content (AvgIpc) is 2.01. The van der Waals surface area contributed by atoms with Crippen LogP contribution in [0.15, 0.2) is 24.3 Å². The number of hydrogen-bond acceptors (Lipinski definition) is 5. The van der Waals surface area contributed by atoms with Gasteiger partial charge in [-0.25, -0.2) is 4.79 Å². The van der Waals surface area contributed by atoms with Crippen LogP contribution in [0.3, 0.4) is 0 Å². The summed E-state index contributed by atoms with van der Waals surface area (Å²) in [7, 11) is 0. The van der Waals surface area contributed by atoms with E-state index in [1.807, 2.05) is 0 Å². The van der Waals surface area contributed by atoms with Gasteiger partial charge in [-0.15, -0.1) is 25.3 Å². The Bertz CT molecular complexity index is 344. The zero-order valence-corrected chi connectivity index (χ0v) is 9.26. The lowest BCUT2D eigenvalue weighted by atomic mass is 10.2. The molecule has 0 aromatic heterocycles. The molecule has 0 aliphatic heterocycles. The van der Waals surface area contributed by atoms with Gasteiger partial charge >= 0.3 is 5.97 Å². The van der Waals surface area contributed by atoms with E-state index < -0.39 is 10.2 Å². The van der Waals surface area contributed by atoms with Gasteiger partial charge in [0.15, 0.2) is 4.27 Å². The molecule has 0 aliphatic carbocycles. The van der Waals surface area contributed by atoms with E-state index in [1.54, 1.807) is 12.1 Å². The Morgan fingerprint density at radius 1 is 1.43 bits per heavy atom. The predicted molar refractivity (Wildman–Crippen MR) is 59.9 cm³/mol. The van der Waals surface area contributed by atoms with Crippen LogP contribution in [0.5, 0.6) is 5.75 Å². The summed E-state index contributed by atoms with van der Waals surface area (Å²) >= 11 is 7.84. The van der Waals surface area contributed by atoms with Crippen molar-refractivity contribution in [2.24, 2.45) is 0 Å². The first-order valence-corrected chi connectivity index (χ1v) is 4.75. The van der Waals surface area contributed by atoms with Crippen molar-refractivity contribution in [1.29, 1.82) is 0 Å². The first-order chi connectivity index (χ1) is 6.40. The van der Waals surface area contributed by atoms with Crippen molar-refractivity contribution in [1.82, 2.24) is 0 Å². The van der Waals surface area contributed by atoms with Crippen molar-refractivity contribution < 1.29 is 14.6 Å². The van der Waals surface area contributed by atoms with E-state index in [0.717, 1.165) is 0 Å². The molecular formula is C9H10O3S2. The third-order valence-electron chi connectivity index (χ3n) is 1.41. The van der Waals surface area contributed by atoms with Gasteiger partial charge in [-0.1, -0.05) is 12.1 Å². The first-order valence-electron chi connectivity index (χ1n) is 3.86. The molecule has 1 rings (SSSR count). The Kier molecular flexibility index (Phi) is 3.34. The van der Waals surface area contributed by atoms with Gasteiger partial charge < -0.3 is 9.84 Å². The molecule has 0 aliphatic rings. The minimum Gasteiger partial charge on any atom is -0.507 e. The molecule has 0 saturated heterocycles. The van der Waals surface area contributed by atoms with Crippen LogP contribution in [0.1, 0.15) is 17.3 Å². The molecular weight excluding hydrogens is 220 g/mol. The highest BCUT2D eigenvalue weighted by Gasteiger charge is 2.21. The fourth-order valence-electron chi connectivity index (χ4n) is 0.877. The number of benzene rings is 1. The molecule has 0 heterocycles. The van der Waals surface area contributed by atoms with E-state index >= 15 is 0 Å². The first kappa shape index (κ1) is 11.3. The average molecular weight is 230 g/mol. The number of carbonyl (C=O) groups excluding carboxylic acids is 1. The van der Waals surface area contributed by atoms with Crippen LogP contribution in [0, 0.1) is 0 Å². The summed E-state index contributed by atoms with van der Waals surface area (Å²) < 4.78 is 3.68. The summed E-state index contributed by atoms with van der Waals surface area (Å²) in [6, 6.07) is 6.12. The van der Waals surface area contributed by atoms with Gasteiger partial charge in [0.2, 0.25) is 0 Å². The van der Waals surface area contributed by atoms with Crippen molar-refractivity contribution in [2.45, 2.75) is 11.2 Å². The van der Waals surface area contributed by atoms with Gasteiger partial charge in [-0.3, -0.25) is 0 Å². The lowest BCUT2D eigenvalue weighted by Crippen LogP contribution is -2.18. The normalized spacial score (nSPS) is 11.1. The van der Waals surface area contributed by atoms with Gasteiger partial charge in [0, 0.05) is 0 Å². The fraction of sp³-hybridized carbons (Fsp3) is 0.222. The van der Waals surface area contributed by atoms with Gasteiger partial charge in [0.1, 0.15) is 11.3 Å². The minimum atomic E-state index is -1.15. The topological polar surface area (TPSA) is 46.5 Å². The molecule has 0 fully saturated rings. The number of para-hydroxylation sites is 1. The number of phenolic OH excluding ortho intramolecular Hbond substituents is 1. The van der Waals surface area contributed by atoms with E-state index in [9.17, 15) is 9.90 Å². The molecule has 76 valence electrons. The van der Waals surface area contributed by atoms with Crippen molar-refractivity contribution in [3.05, 3.63) is 29.8 Å². The van der Waals surface area contributed by atoms with Crippen molar-refractivity contribution >= 4 is 31.2 Å². The summed E-state index contributed by atoms with van der Waals surface area (Å²) in [6.45, 7) is 1.51. The molecule has 0 atom stereocenters. The highest BCUT2D eigenvalue weighted by Crippen LogP contribution is 2.24. The maximum absolute atomic E-state index is 11.4. The quantitative estimate of drug-likeness (QED) is 0.414. The lowest BCUT2D eigenvalue weighted by molar-refractivity contribution is 0.0436. The molecule has 0 saturated carbocycles. The van der Waals surface area contributed by atoms with Crippen LogP contribution in [-0.2, 0) is 4.74 Å². The Morgan fingerprint density at radius 2 is 2.00 bits per heavy atom. The number of aromatic hydroxyl groups is 1. The maximum Gasteiger partial charge on any atom is 0.343 e. The number of ether oxygens (including phenoxy) is 1. The molecule has 0 amide bonds. The standard InChI is InChI=1S/C9H10O3S2/c1-9(13,14)12-8(11)6-4-2-3-5-7(6)10/h2-5,10,13-14H,1H3. The molecule has 5 heteroatoms. The van der Waals surface area contributed by atoms with E-state index in [1.165, 1.54) is 19.1 Å². The minimum absolute atomic E-state index is 0.0989. The zero-order chi connectivity index (χ0) is 10.8. The molecule has 1 aromatic rings. The summed E-state index contributed by atoms with van der Waals surface area (Å²) in [5, 5.41) is 9.33. The Morgan fingerprint density at radius 3 is 2.50 bits per heavy atom. The van der Waals surface area contributed by atoms with Crippen LogP contribution in [0.4, 0.5) is 0 Å². The van der Waals surface area contributed by atoms with Crippen molar-refractivity contribution in [3.63, 3.8) is 0 Å². The molecule has 1 N–H and O–H groups in total. The molecule has 0 radical (unpaired) electrons. The molecule has 0 spiro atoms. The zero-order valence-electron chi connectivity index (χ0n) is 7.47. The van der Waals surface area contributed by atoms with E-state index in [2.05, 4.69) is 25.3 Å².